The van der Waals surface area contributed by atoms with E-state index in [0.717, 1.165) is 22.1 Å². The highest BCUT2D eigenvalue weighted by Crippen LogP contribution is 2.32. The molecule has 2 heterocycles. The van der Waals surface area contributed by atoms with Crippen molar-refractivity contribution >= 4 is 32.5 Å². The first-order valence-corrected chi connectivity index (χ1v) is 9.82. The Morgan fingerprint density at radius 3 is 2.62 bits per heavy atom. The van der Waals surface area contributed by atoms with Gasteiger partial charge in [-0.2, -0.15) is 0 Å². The molecule has 0 aliphatic heterocycles. The highest BCUT2D eigenvalue weighted by atomic mass is 35.5. The number of aryl methyl sites for hydroxylation is 1. The number of nitrogens with zero attached hydrogens (tertiary/aromatic N) is 2. The fourth-order valence-electron chi connectivity index (χ4n) is 2.95. The lowest BCUT2D eigenvalue weighted by Gasteiger charge is -2.09. The average molecular weight is 383 g/mol. The van der Waals surface area contributed by atoms with E-state index in [2.05, 4.69) is 4.98 Å². The van der Waals surface area contributed by atoms with Crippen LogP contribution in [0.25, 0.3) is 22.0 Å². The third kappa shape index (κ3) is 2.79. The van der Waals surface area contributed by atoms with Gasteiger partial charge in [0.15, 0.2) is 0 Å². The Bertz CT molecular complexity index is 1220. The molecule has 0 amide bonds. The lowest BCUT2D eigenvalue weighted by atomic mass is 10.0. The van der Waals surface area contributed by atoms with Crippen LogP contribution in [0, 0.1) is 6.92 Å². The number of benzene rings is 2. The van der Waals surface area contributed by atoms with Crippen molar-refractivity contribution in [2.24, 2.45) is 0 Å². The van der Waals surface area contributed by atoms with Gasteiger partial charge in [0, 0.05) is 34.6 Å². The van der Waals surface area contributed by atoms with Gasteiger partial charge in [-0.25, -0.2) is 12.4 Å². The zero-order valence-electron chi connectivity index (χ0n) is 13.9. The molecule has 4 rings (SSSR count). The van der Waals surface area contributed by atoms with Gasteiger partial charge in [-0.15, -0.1) is 0 Å². The highest BCUT2D eigenvalue weighted by Gasteiger charge is 2.19. The molecule has 0 aliphatic rings. The summed E-state index contributed by atoms with van der Waals surface area (Å²) in [5, 5.41) is 1.47. The molecule has 26 heavy (non-hydrogen) atoms. The van der Waals surface area contributed by atoms with E-state index in [4.69, 9.17) is 11.6 Å². The van der Waals surface area contributed by atoms with E-state index in [-0.39, 0.29) is 4.90 Å². The summed E-state index contributed by atoms with van der Waals surface area (Å²) in [6, 6.07) is 16.4. The number of aromatic nitrogens is 2. The molecular weight excluding hydrogens is 368 g/mol. The molecule has 0 fully saturated rings. The summed E-state index contributed by atoms with van der Waals surface area (Å²) in [5.74, 6) is 0. The van der Waals surface area contributed by atoms with Crippen molar-refractivity contribution in [2.45, 2.75) is 11.8 Å². The Kier molecular flexibility index (Phi) is 4.05. The number of halogens is 1. The summed E-state index contributed by atoms with van der Waals surface area (Å²) in [4.78, 5) is 4.07. The molecule has 0 unspecified atom stereocenters. The maximum absolute atomic E-state index is 13.0. The van der Waals surface area contributed by atoms with E-state index in [1.807, 2.05) is 43.3 Å². The molecule has 0 saturated heterocycles. The minimum absolute atomic E-state index is 0.149. The summed E-state index contributed by atoms with van der Waals surface area (Å²) in [6.45, 7) is 1.98. The fourth-order valence-corrected chi connectivity index (χ4v) is 4.60. The Balaban J connectivity index is 1.91. The monoisotopic (exact) mass is 382 g/mol. The molecular formula is C20H15ClN2O2S. The highest BCUT2D eigenvalue weighted by molar-refractivity contribution is 7.90. The van der Waals surface area contributed by atoms with Crippen molar-refractivity contribution in [1.82, 2.24) is 8.96 Å². The van der Waals surface area contributed by atoms with Crippen LogP contribution in [0.1, 0.15) is 5.56 Å². The molecule has 0 bridgehead atoms. The van der Waals surface area contributed by atoms with Crippen LogP contribution in [-0.4, -0.2) is 17.4 Å². The van der Waals surface area contributed by atoms with Crippen LogP contribution in [0.15, 0.2) is 78.1 Å². The summed E-state index contributed by atoms with van der Waals surface area (Å²) >= 11 is 6.38. The van der Waals surface area contributed by atoms with E-state index in [1.54, 1.807) is 24.5 Å². The Morgan fingerprint density at radius 1 is 1.04 bits per heavy atom. The molecule has 6 heteroatoms. The van der Waals surface area contributed by atoms with Gasteiger partial charge in [-0.3, -0.25) is 4.98 Å². The molecule has 2 aromatic carbocycles. The largest absolute Gasteiger partial charge is 0.269 e. The standard InChI is InChI=1S/C20H15ClN2O2S/c1-14-4-7-18(19(21)11-14)16-6-5-15-8-10-23(20(15)12-16)26(24,25)17-3-2-9-22-13-17/h2-13H,1H3. The van der Waals surface area contributed by atoms with E-state index >= 15 is 0 Å². The van der Waals surface area contributed by atoms with Crippen LogP contribution < -0.4 is 0 Å². The van der Waals surface area contributed by atoms with E-state index in [0.29, 0.717) is 10.5 Å². The smallest absolute Gasteiger partial charge is 0.263 e. The summed E-state index contributed by atoms with van der Waals surface area (Å²) in [5.41, 5.74) is 3.40. The van der Waals surface area contributed by atoms with Gasteiger partial charge >= 0.3 is 0 Å². The van der Waals surface area contributed by atoms with Crippen molar-refractivity contribution in [1.29, 1.82) is 0 Å². The normalized spacial score (nSPS) is 11.8. The van der Waals surface area contributed by atoms with Crippen LogP contribution in [-0.2, 0) is 10.0 Å². The lowest BCUT2D eigenvalue weighted by molar-refractivity contribution is 0.588. The van der Waals surface area contributed by atoms with Crippen molar-refractivity contribution in [3.05, 3.63) is 83.8 Å². The third-order valence-electron chi connectivity index (χ3n) is 4.28. The molecule has 0 aliphatic carbocycles. The Labute approximate surface area is 156 Å². The first kappa shape index (κ1) is 16.8. The minimum Gasteiger partial charge on any atom is -0.263 e. The molecule has 4 aromatic rings. The second-order valence-electron chi connectivity index (χ2n) is 6.06. The van der Waals surface area contributed by atoms with Gasteiger partial charge in [-0.05, 0) is 48.4 Å². The Hall–Kier alpha value is -2.63. The van der Waals surface area contributed by atoms with Crippen molar-refractivity contribution in [2.75, 3.05) is 0 Å². The molecule has 0 N–H and O–H groups in total. The molecule has 0 spiro atoms. The Morgan fingerprint density at radius 2 is 1.88 bits per heavy atom. The van der Waals surface area contributed by atoms with Crippen molar-refractivity contribution in [3.63, 3.8) is 0 Å². The minimum atomic E-state index is -3.72. The van der Waals surface area contributed by atoms with Crippen LogP contribution >= 0.6 is 11.6 Å². The van der Waals surface area contributed by atoms with E-state index in [9.17, 15) is 8.42 Å². The number of hydrogen-bond acceptors (Lipinski definition) is 3. The molecule has 2 aromatic heterocycles. The molecule has 0 atom stereocenters. The predicted octanol–water partition coefficient (Wildman–Crippen LogP) is 4.90. The van der Waals surface area contributed by atoms with Gasteiger partial charge in [0.25, 0.3) is 10.0 Å². The number of pyridine rings is 1. The van der Waals surface area contributed by atoms with Gasteiger partial charge in [0.05, 0.1) is 5.52 Å². The van der Waals surface area contributed by atoms with Gasteiger partial charge < -0.3 is 0 Å². The maximum Gasteiger partial charge on any atom is 0.269 e. The SMILES string of the molecule is Cc1ccc(-c2ccc3ccn(S(=O)(=O)c4cccnc4)c3c2)c(Cl)c1. The first-order chi connectivity index (χ1) is 12.5. The fraction of sp³-hybridized carbons (Fsp3) is 0.0500. The van der Waals surface area contributed by atoms with E-state index < -0.39 is 10.0 Å². The number of hydrogen-bond donors (Lipinski definition) is 0. The topological polar surface area (TPSA) is 52.0 Å². The van der Waals surface area contributed by atoms with Crippen LogP contribution in [0.3, 0.4) is 0 Å². The van der Waals surface area contributed by atoms with E-state index in [1.165, 1.54) is 16.2 Å². The number of rotatable bonds is 3. The zero-order chi connectivity index (χ0) is 18.3. The van der Waals surface area contributed by atoms with Crippen molar-refractivity contribution in [3.8, 4) is 11.1 Å². The van der Waals surface area contributed by atoms with Crippen LogP contribution in [0.4, 0.5) is 0 Å². The van der Waals surface area contributed by atoms with Gasteiger partial charge in [-0.1, -0.05) is 35.9 Å². The molecule has 0 radical (unpaired) electrons. The zero-order valence-corrected chi connectivity index (χ0v) is 15.5. The molecule has 130 valence electrons. The lowest BCUT2D eigenvalue weighted by Crippen LogP contribution is -2.11. The first-order valence-electron chi connectivity index (χ1n) is 8.00. The maximum atomic E-state index is 13.0. The predicted molar refractivity (Wildman–Crippen MR) is 104 cm³/mol. The summed E-state index contributed by atoms with van der Waals surface area (Å²) in [6.07, 6.45) is 4.46. The van der Waals surface area contributed by atoms with Gasteiger partial charge in [0.2, 0.25) is 0 Å². The van der Waals surface area contributed by atoms with Gasteiger partial charge in [0.1, 0.15) is 4.90 Å². The van der Waals surface area contributed by atoms with Crippen molar-refractivity contribution < 1.29 is 8.42 Å². The third-order valence-corrected chi connectivity index (χ3v) is 6.27. The quantitative estimate of drug-likeness (QED) is 0.506. The average Bonchev–Trinajstić information content (AvgIpc) is 3.06. The second kappa shape index (κ2) is 6.27. The molecule has 4 nitrogen and oxygen atoms in total. The van der Waals surface area contributed by atoms with Crippen LogP contribution in [0.2, 0.25) is 5.02 Å². The summed E-state index contributed by atoms with van der Waals surface area (Å²) in [7, 11) is -3.72. The summed E-state index contributed by atoms with van der Waals surface area (Å²) < 4.78 is 27.2. The molecule has 0 saturated carbocycles. The second-order valence-corrected chi connectivity index (χ2v) is 8.28. The number of fused-ring (bicyclic) bond motifs is 1. The van der Waals surface area contributed by atoms with Crippen LogP contribution in [0.5, 0.6) is 0 Å².